The lowest BCUT2D eigenvalue weighted by atomic mass is 10.2. The van der Waals surface area contributed by atoms with Gasteiger partial charge in [0.2, 0.25) is 5.91 Å². The predicted octanol–water partition coefficient (Wildman–Crippen LogP) is 5.17. The number of methoxy groups -OCH3 is 1. The molecular formula is C22H19Cl3N2O4S. The zero-order valence-electron chi connectivity index (χ0n) is 16.9. The smallest absolute Gasteiger partial charge is 0.264 e. The molecule has 168 valence electrons. The molecule has 0 heterocycles. The van der Waals surface area contributed by atoms with Gasteiger partial charge in [-0.2, -0.15) is 0 Å². The Morgan fingerprint density at radius 3 is 2.31 bits per heavy atom. The fourth-order valence-electron chi connectivity index (χ4n) is 2.89. The van der Waals surface area contributed by atoms with E-state index in [2.05, 4.69) is 5.32 Å². The highest BCUT2D eigenvalue weighted by molar-refractivity contribution is 7.92. The summed E-state index contributed by atoms with van der Waals surface area (Å²) in [6, 6.07) is 17.2. The van der Waals surface area contributed by atoms with Crippen LogP contribution in [0.25, 0.3) is 0 Å². The zero-order valence-corrected chi connectivity index (χ0v) is 20.0. The van der Waals surface area contributed by atoms with E-state index in [9.17, 15) is 13.2 Å². The van der Waals surface area contributed by atoms with Gasteiger partial charge in [-0.15, -0.1) is 0 Å². The van der Waals surface area contributed by atoms with Crippen molar-refractivity contribution in [1.29, 1.82) is 0 Å². The van der Waals surface area contributed by atoms with Crippen molar-refractivity contribution in [3.63, 3.8) is 0 Å². The number of benzene rings is 3. The first-order valence-electron chi connectivity index (χ1n) is 9.34. The first-order chi connectivity index (χ1) is 15.2. The van der Waals surface area contributed by atoms with E-state index in [0.29, 0.717) is 21.4 Å². The van der Waals surface area contributed by atoms with Gasteiger partial charge in [-0.3, -0.25) is 9.10 Å². The molecule has 0 spiro atoms. The van der Waals surface area contributed by atoms with Crippen LogP contribution in [0.2, 0.25) is 15.1 Å². The van der Waals surface area contributed by atoms with Crippen molar-refractivity contribution in [1.82, 2.24) is 5.32 Å². The third kappa shape index (κ3) is 5.66. The van der Waals surface area contributed by atoms with Crippen LogP contribution in [0.4, 0.5) is 5.69 Å². The lowest BCUT2D eigenvalue weighted by Crippen LogP contribution is -2.40. The molecule has 0 aliphatic heterocycles. The number of amides is 1. The molecule has 1 N–H and O–H groups in total. The summed E-state index contributed by atoms with van der Waals surface area (Å²) in [6.07, 6.45) is 0. The molecule has 0 aliphatic carbocycles. The van der Waals surface area contributed by atoms with Crippen LogP contribution in [-0.2, 0) is 21.4 Å². The fraction of sp³-hybridized carbons (Fsp3) is 0.136. The maximum Gasteiger partial charge on any atom is 0.264 e. The van der Waals surface area contributed by atoms with E-state index in [4.69, 9.17) is 39.5 Å². The molecule has 0 aromatic heterocycles. The molecule has 0 aliphatic rings. The van der Waals surface area contributed by atoms with Crippen LogP contribution in [0.3, 0.4) is 0 Å². The van der Waals surface area contributed by atoms with Crippen molar-refractivity contribution in [3.8, 4) is 5.75 Å². The van der Waals surface area contributed by atoms with Gasteiger partial charge in [0.15, 0.2) is 0 Å². The molecule has 0 radical (unpaired) electrons. The maximum absolute atomic E-state index is 13.3. The first kappa shape index (κ1) is 24.2. The standard InChI is InChI=1S/C22H19Cl3N2O4S/c1-31-21-10-9-17(12-20(21)25)27(32(29,30)18-5-3-2-4-6-18)14-22(28)26-13-15-7-8-16(23)11-19(15)24/h2-12H,13-14H2,1H3,(H,26,28). The number of hydrogen-bond acceptors (Lipinski definition) is 4. The van der Waals surface area contributed by atoms with Crippen LogP contribution in [0.1, 0.15) is 5.56 Å². The molecule has 0 saturated carbocycles. The van der Waals surface area contributed by atoms with Gasteiger partial charge in [-0.1, -0.05) is 59.1 Å². The van der Waals surface area contributed by atoms with Gasteiger partial charge in [0.1, 0.15) is 12.3 Å². The number of sulfonamides is 1. The molecule has 0 saturated heterocycles. The molecule has 3 aromatic carbocycles. The number of rotatable bonds is 8. The summed E-state index contributed by atoms with van der Waals surface area (Å²) in [5, 5.41) is 3.77. The van der Waals surface area contributed by atoms with Crippen LogP contribution in [0.15, 0.2) is 71.6 Å². The summed E-state index contributed by atoms with van der Waals surface area (Å²) in [5.41, 5.74) is 0.869. The average molecular weight is 514 g/mol. The minimum atomic E-state index is -4.05. The minimum Gasteiger partial charge on any atom is -0.495 e. The highest BCUT2D eigenvalue weighted by Crippen LogP contribution is 2.32. The molecule has 6 nitrogen and oxygen atoms in total. The molecule has 0 unspecified atom stereocenters. The highest BCUT2D eigenvalue weighted by Gasteiger charge is 2.27. The average Bonchev–Trinajstić information content (AvgIpc) is 2.77. The molecule has 32 heavy (non-hydrogen) atoms. The van der Waals surface area contributed by atoms with E-state index < -0.39 is 22.5 Å². The van der Waals surface area contributed by atoms with Crippen LogP contribution in [0, 0.1) is 0 Å². The van der Waals surface area contributed by atoms with Crippen LogP contribution < -0.4 is 14.4 Å². The third-order valence-corrected chi connectivity index (χ3v) is 7.20. The Kier molecular flexibility index (Phi) is 7.90. The number of carbonyl (C=O) groups is 1. The molecular weight excluding hydrogens is 495 g/mol. The quantitative estimate of drug-likeness (QED) is 0.451. The molecule has 10 heteroatoms. The van der Waals surface area contributed by atoms with Crippen molar-refractivity contribution in [3.05, 3.63) is 87.4 Å². The Hall–Kier alpha value is -2.45. The van der Waals surface area contributed by atoms with Gasteiger partial charge in [0.25, 0.3) is 10.0 Å². The maximum atomic E-state index is 13.3. The summed E-state index contributed by atoms with van der Waals surface area (Å²) in [4.78, 5) is 12.8. The highest BCUT2D eigenvalue weighted by atomic mass is 35.5. The van der Waals surface area contributed by atoms with Gasteiger partial charge >= 0.3 is 0 Å². The predicted molar refractivity (Wildman–Crippen MR) is 127 cm³/mol. The second-order valence-corrected chi connectivity index (χ2v) is 9.77. The Morgan fingerprint density at radius 2 is 1.69 bits per heavy atom. The SMILES string of the molecule is COc1ccc(N(CC(=O)NCc2ccc(Cl)cc2Cl)S(=O)(=O)c2ccccc2)cc1Cl. The molecule has 0 atom stereocenters. The molecule has 1 amide bonds. The van der Waals surface area contributed by atoms with E-state index in [1.54, 1.807) is 36.4 Å². The van der Waals surface area contributed by atoms with Crippen LogP contribution >= 0.6 is 34.8 Å². The molecule has 3 rings (SSSR count). The number of nitrogens with zero attached hydrogens (tertiary/aromatic N) is 1. The zero-order chi connectivity index (χ0) is 23.3. The Morgan fingerprint density at radius 1 is 0.969 bits per heavy atom. The molecule has 3 aromatic rings. The number of hydrogen-bond donors (Lipinski definition) is 1. The van der Waals surface area contributed by atoms with Crippen molar-refractivity contribution < 1.29 is 17.9 Å². The number of anilines is 1. The Balaban J connectivity index is 1.88. The third-order valence-electron chi connectivity index (χ3n) is 4.53. The van der Waals surface area contributed by atoms with E-state index in [-0.39, 0.29) is 22.2 Å². The van der Waals surface area contributed by atoms with Crippen LogP contribution in [-0.4, -0.2) is 28.0 Å². The van der Waals surface area contributed by atoms with Crippen LogP contribution in [0.5, 0.6) is 5.75 Å². The van der Waals surface area contributed by atoms with E-state index >= 15 is 0 Å². The van der Waals surface area contributed by atoms with E-state index in [1.165, 1.54) is 37.4 Å². The lowest BCUT2D eigenvalue weighted by molar-refractivity contribution is -0.119. The molecule has 0 bridgehead atoms. The van der Waals surface area contributed by atoms with Gasteiger partial charge < -0.3 is 10.1 Å². The second kappa shape index (κ2) is 10.4. The number of nitrogens with one attached hydrogen (secondary N) is 1. The van der Waals surface area contributed by atoms with Crippen molar-refractivity contribution in [2.45, 2.75) is 11.4 Å². The van der Waals surface area contributed by atoms with Crippen molar-refractivity contribution in [2.24, 2.45) is 0 Å². The number of ether oxygens (including phenoxy) is 1. The van der Waals surface area contributed by atoms with Gasteiger partial charge in [0, 0.05) is 16.6 Å². The summed E-state index contributed by atoms with van der Waals surface area (Å²) < 4.78 is 32.8. The number of carbonyl (C=O) groups excluding carboxylic acids is 1. The Bertz CT molecular complexity index is 1220. The van der Waals surface area contributed by atoms with E-state index in [0.717, 1.165) is 4.31 Å². The first-order valence-corrected chi connectivity index (χ1v) is 11.9. The molecule has 0 fully saturated rings. The van der Waals surface area contributed by atoms with Crippen molar-refractivity contribution in [2.75, 3.05) is 18.0 Å². The largest absolute Gasteiger partial charge is 0.495 e. The number of halogens is 3. The minimum absolute atomic E-state index is 0.0421. The summed E-state index contributed by atoms with van der Waals surface area (Å²) in [5.74, 6) is -0.142. The summed E-state index contributed by atoms with van der Waals surface area (Å²) in [6.45, 7) is -0.359. The topological polar surface area (TPSA) is 75.7 Å². The summed E-state index contributed by atoms with van der Waals surface area (Å²) >= 11 is 18.2. The van der Waals surface area contributed by atoms with E-state index in [1.807, 2.05) is 0 Å². The van der Waals surface area contributed by atoms with Gasteiger partial charge in [-0.05, 0) is 48.0 Å². The van der Waals surface area contributed by atoms with Crippen molar-refractivity contribution >= 4 is 56.4 Å². The Labute approximate surface area is 201 Å². The van der Waals surface area contributed by atoms with Gasteiger partial charge in [-0.25, -0.2) is 8.42 Å². The fourth-order valence-corrected chi connectivity index (χ4v) is 5.05. The lowest BCUT2D eigenvalue weighted by Gasteiger charge is -2.24. The monoisotopic (exact) mass is 512 g/mol. The summed E-state index contributed by atoms with van der Waals surface area (Å²) in [7, 11) is -2.60. The second-order valence-electron chi connectivity index (χ2n) is 6.66. The normalized spacial score (nSPS) is 11.1. The van der Waals surface area contributed by atoms with Gasteiger partial charge in [0.05, 0.1) is 22.7 Å².